The summed E-state index contributed by atoms with van der Waals surface area (Å²) >= 11 is 0. The van der Waals surface area contributed by atoms with Crippen molar-refractivity contribution in [2.24, 2.45) is 0 Å². The molecule has 1 saturated heterocycles. The van der Waals surface area contributed by atoms with Crippen LogP contribution in [-0.4, -0.2) is 93.9 Å². The molecule has 1 aliphatic heterocycles. The van der Waals surface area contributed by atoms with Crippen LogP contribution in [0.2, 0.25) is 103 Å². The van der Waals surface area contributed by atoms with Gasteiger partial charge in [-0.15, -0.1) is 26.3 Å². The van der Waals surface area contributed by atoms with E-state index in [2.05, 4.69) is 105 Å². The molecule has 48 heavy (non-hydrogen) atoms. The minimum atomic E-state index is -2.76. The molecule has 0 aromatic carbocycles. The highest BCUT2D eigenvalue weighted by Crippen LogP contribution is 2.39. The number of rotatable bonds is 24. The second kappa shape index (κ2) is 19.5. The van der Waals surface area contributed by atoms with Gasteiger partial charge in [0.05, 0.1) is 0 Å². The van der Waals surface area contributed by atoms with Crippen molar-refractivity contribution in [1.82, 2.24) is 0 Å². The van der Waals surface area contributed by atoms with Crippen molar-refractivity contribution >= 4 is 67.5 Å². The van der Waals surface area contributed by atoms with Crippen LogP contribution in [0.4, 0.5) is 0 Å². The van der Waals surface area contributed by atoms with E-state index >= 15 is 0 Å². The lowest BCUT2D eigenvalue weighted by Crippen LogP contribution is -2.67. The lowest BCUT2D eigenvalue weighted by atomic mass is 10.5. The minimum absolute atomic E-state index is 0.667. The van der Waals surface area contributed by atoms with Crippen LogP contribution in [0.25, 0.3) is 0 Å². The molecule has 0 radical (unpaired) electrons. The average molecular weight is 810 g/mol. The van der Waals surface area contributed by atoms with E-state index < -0.39 is 67.5 Å². The fourth-order valence-corrected chi connectivity index (χ4v) is 31.8. The summed E-state index contributed by atoms with van der Waals surface area (Å²) in [6, 6.07) is 3.28. The van der Waals surface area contributed by atoms with E-state index in [4.69, 9.17) is 34.2 Å². The summed E-state index contributed by atoms with van der Waals surface area (Å²) in [7, 11) is -18.5. The van der Waals surface area contributed by atoms with Crippen molar-refractivity contribution in [3.8, 4) is 0 Å². The summed E-state index contributed by atoms with van der Waals surface area (Å²) in [6.07, 6.45) is 3.45. The van der Waals surface area contributed by atoms with Gasteiger partial charge in [-0.05, 0) is 128 Å². The molecular formula is C32H72O8Si8. The van der Waals surface area contributed by atoms with E-state index in [1.165, 1.54) is 0 Å². The van der Waals surface area contributed by atoms with Gasteiger partial charge in [0.15, 0.2) is 0 Å². The summed E-state index contributed by atoms with van der Waals surface area (Å²) in [6.45, 7) is 44.9. The highest BCUT2D eigenvalue weighted by molar-refractivity contribution is 6.94. The van der Waals surface area contributed by atoms with E-state index in [9.17, 15) is 0 Å². The zero-order chi connectivity index (χ0) is 37.0. The Morgan fingerprint density at radius 3 is 0.708 bits per heavy atom. The molecule has 1 rings (SSSR count). The first-order valence-electron chi connectivity index (χ1n) is 17.8. The Hall–Kier alpha value is 0.375. The third-order valence-corrected chi connectivity index (χ3v) is 35.3. The molecule has 0 atom stereocenters. The fraction of sp³-hybridized carbons (Fsp3) is 0.750. The summed E-state index contributed by atoms with van der Waals surface area (Å²) < 4.78 is 54.5. The SMILES string of the molecule is C=C[Si](C)(C)OCCC[Si]1(C)O[Si](C)(CCCO[Si](C)(C)C=C)O[Si](C)(CCCO[Si](C)(C)C=C)O[Si](C)(CCCO[Si](C)(C)C=C)O1. The Morgan fingerprint density at radius 2 is 0.562 bits per heavy atom. The predicted molar refractivity (Wildman–Crippen MR) is 223 cm³/mol. The molecule has 1 heterocycles. The van der Waals surface area contributed by atoms with Gasteiger partial charge < -0.3 is 34.2 Å². The van der Waals surface area contributed by atoms with Gasteiger partial charge in [-0.2, -0.15) is 0 Å². The molecule has 0 bridgehead atoms. The smallest absolute Gasteiger partial charge is 0.317 e. The topological polar surface area (TPSA) is 73.8 Å². The standard InChI is InChI=1S/C32H72O8Si8/c1-17-41(5,6)33-25-21-29-45(13)37-46(14,30-22-26-34-42(7,8)18-2)39-48(16,32-24-28-36-44(11,12)20-4)40-47(15,38-45)31-23-27-35-43(9,10)19-3/h17-20H,1-4,21-32H2,5-16H3. The van der Waals surface area contributed by atoms with Gasteiger partial charge in [-0.25, -0.2) is 0 Å². The lowest BCUT2D eigenvalue weighted by Gasteiger charge is -2.50. The molecule has 1 fully saturated rings. The van der Waals surface area contributed by atoms with Crippen molar-refractivity contribution in [2.45, 2.75) is 128 Å². The summed E-state index contributed by atoms with van der Waals surface area (Å²) in [5.74, 6) is 0. The van der Waals surface area contributed by atoms with Crippen molar-refractivity contribution < 1.29 is 34.2 Å². The second-order valence-electron chi connectivity index (χ2n) is 16.0. The van der Waals surface area contributed by atoms with Gasteiger partial charge in [-0.3, -0.25) is 0 Å². The Labute approximate surface area is 304 Å². The third-order valence-electron chi connectivity index (χ3n) is 8.69. The van der Waals surface area contributed by atoms with Gasteiger partial charge >= 0.3 is 34.2 Å². The molecule has 0 aromatic heterocycles. The summed E-state index contributed by atoms with van der Waals surface area (Å²) in [5, 5.41) is 0. The summed E-state index contributed by atoms with van der Waals surface area (Å²) in [5.41, 5.74) is 7.94. The molecule has 0 saturated carbocycles. The van der Waals surface area contributed by atoms with E-state index in [0.29, 0.717) is 26.4 Å². The number of hydrogen-bond donors (Lipinski definition) is 0. The van der Waals surface area contributed by atoms with Crippen LogP contribution in [0, 0.1) is 0 Å². The highest BCUT2D eigenvalue weighted by atomic mass is 28.5. The molecule has 0 unspecified atom stereocenters. The second-order valence-corrected chi connectivity index (χ2v) is 45.9. The molecule has 1 aliphatic rings. The maximum atomic E-state index is 7.35. The molecule has 280 valence electrons. The van der Waals surface area contributed by atoms with Crippen LogP contribution >= 0.6 is 0 Å². The Kier molecular flexibility index (Phi) is 18.8. The maximum absolute atomic E-state index is 7.35. The van der Waals surface area contributed by atoms with Crippen LogP contribution in [0.1, 0.15) is 25.7 Å². The normalized spacial score (nSPS) is 27.6. The minimum Gasteiger partial charge on any atom is -0.416 e. The Morgan fingerprint density at radius 1 is 0.396 bits per heavy atom. The first-order valence-corrected chi connectivity index (χ1v) is 39.8. The van der Waals surface area contributed by atoms with Crippen LogP contribution in [-0.2, 0) is 34.2 Å². The quantitative estimate of drug-likeness (QED) is 0.0706. The van der Waals surface area contributed by atoms with Crippen LogP contribution in [0.3, 0.4) is 0 Å². The van der Waals surface area contributed by atoms with Crippen molar-refractivity contribution in [2.75, 3.05) is 26.4 Å². The van der Waals surface area contributed by atoms with E-state index in [-0.39, 0.29) is 0 Å². The zero-order valence-electron chi connectivity index (χ0n) is 32.9. The Bertz CT molecular complexity index is 872. The van der Waals surface area contributed by atoms with Crippen LogP contribution in [0.15, 0.2) is 49.1 Å². The molecule has 0 aliphatic carbocycles. The molecule has 8 nitrogen and oxygen atoms in total. The van der Waals surface area contributed by atoms with Crippen LogP contribution in [0.5, 0.6) is 0 Å². The zero-order valence-corrected chi connectivity index (χ0v) is 40.9. The van der Waals surface area contributed by atoms with Crippen molar-refractivity contribution in [3.05, 3.63) is 49.1 Å². The largest absolute Gasteiger partial charge is 0.416 e. The van der Waals surface area contributed by atoms with E-state index in [0.717, 1.165) is 49.9 Å². The van der Waals surface area contributed by atoms with Gasteiger partial charge in [0, 0.05) is 26.4 Å². The Balaban J connectivity index is 3.37. The molecule has 0 N–H and O–H groups in total. The van der Waals surface area contributed by atoms with Gasteiger partial charge in [0.2, 0.25) is 33.3 Å². The molecule has 0 aromatic rings. The van der Waals surface area contributed by atoms with Crippen molar-refractivity contribution in [3.63, 3.8) is 0 Å². The molecular weight excluding hydrogens is 737 g/mol. The molecule has 16 heteroatoms. The summed E-state index contributed by atoms with van der Waals surface area (Å²) in [4.78, 5) is 0. The lowest BCUT2D eigenvalue weighted by molar-refractivity contribution is 0.210. The average Bonchev–Trinajstić information content (AvgIpc) is 2.97. The van der Waals surface area contributed by atoms with E-state index in [1.54, 1.807) is 0 Å². The molecule has 0 amide bonds. The maximum Gasteiger partial charge on any atom is 0.317 e. The predicted octanol–water partition coefficient (Wildman–Crippen LogP) is 9.70. The monoisotopic (exact) mass is 808 g/mol. The number of hydrogen-bond acceptors (Lipinski definition) is 8. The van der Waals surface area contributed by atoms with Crippen LogP contribution < -0.4 is 0 Å². The first kappa shape index (κ1) is 46.4. The fourth-order valence-electron chi connectivity index (χ4n) is 5.47. The van der Waals surface area contributed by atoms with Gasteiger partial charge in [0.1, 0.15) is 0 Å². The first-order chi connectivity index (χ1) is 21.9. The van der Waals surface area contributed by atoms with Crippen molar-refractivity contribution in [1.29, 1.82) is 0 Å². The van der Waals surface area contributed by atoms with Gasteiger partial charge in [-0.1, -0.05) is 22.8 Å². The van der Waals surface area contributed by atoms with E-state index in [1.807, 2.05) is 22.8 Å². The third kappa shape index (κ3) is 18.2. The molecule has 0 spiro atoms. The van der Waals surface area contributed by atoms with Gasteiger partial charge in [0.25, 0.3) is 0 Å². The highest BCUT2D eigenvalue weighted by Gasteiger charge is 2.56.